The van der Waals surface area contributed by atoms with E-state index in [1.165, 1.54) is 63.0 Å². The summed E-state index contributed by atoms with van der Waals surface area (Å²) >= 11 is 0. The van der Waals surface area contributed by atoms with E-state index < -0.39 is 0 Å². The van der Waals surface area contributed by atoms with Crippen molar-refractivity contribution in [3.63, 3.8) is 0 Å². The highest BCUT2D eigenvalue weighted by Gasteiger charge is 1.94. The number of carbonyl (C=O) groups excluding carboxylic acids is 1. The van der Waals surface area contributed by atoms with Gasteiger partial charge >= 0.3 is 0 Å². The van der Waals surface area contributed by atoms with Crippen LogP contribution in [-0.4, -0.2) is 6.08 Å². The molecule has 0 saturated heterocycles. The standard InChI is InChI=1S/C18H26NO/c20-17-19-16-12-7-5-3-1-2-4-6-9-13-18-14-10-8-11-15-18/h8,10-11,14-16H,1-7,9,12-13H2. The van der Waals surface area contributed by atoms with Crippen LogP contribution in [0.2, 0.25) is 0 Å². The van der Waals surface area contributed by atoms with Crippen LogP contribution >= 0.6 is 0 Å². The molecule has 0 aliphatic carbocycles. The zero-order chi connectivity index (χ0) is 14.3. The fourth-order valence-corrected chi connectivity index (χ4v) is 2.37. The van der Waals surface area contributed by atoms with E-state index in [2.05, 4.69) is 35.3 Å². The Balaban J connectivity index is 1.80. The van der Waals surface area contributed by atoms with Gasteiger partial charge in [0.05, 0.1) is 6.54 Å². The first kappa shape index (κ1) is 16.7. The minimum Gasteiger partial charge on any atom is -0.211 e. The molecule has 0 N–H and O–H groups in total. The molecular weight excluding hydrogens is 246 g/mol. The molecule has 1 rings (SSSR count). The van der Waals surface area contributed by atoms with Gasteiger partial charge in [-0.25, -0.2) is 9.79 Å². The third-order valence-corrected chi connectivity index (χ3v) is 3.54. The number of benzene rings is 1. The lowest BCUT2D eigenvalue weighted by atomic mass is 10.0. The zero-order valence-corrected chi connectivity index (χ0v) is 12.4. The molecule has 109 valence electrons. The average molecular weight is 272 g/mol. The molecule has 1 radical (unpaired) electrons. The third kappa shape index (κ3) is 9.52. The Morgan fingerprint density at radius 1 is 0.850 bits per heavy atom. The van der Waals surface area contributed by atoms with Gasteiger partial charge in [-0.1, -0.05) is 75.3 Å². The second-order valence-corrected chi connectivity index (χ2v) is 5.26. The van der Waals surface area contributed by atoms with Crippen LogP contribution in [0.1, 0.15) is 63.4 Å². The molecule has 0 heterocycles. The predicted octanol–water partition coefficient (Wildman–Crippen LogP) is 5.24. The Bertz CT molecular complexity index is 368. The van der Waals surface area contributed by atoms with E-state index in [0.29, 0.717) is 0 Å². The number of isocyanates is 1. The van der Waals surface area contributed by atoms with E-state index >= 15 is 0 Å². The lowest BCUT2D eigenvalue weighted by Gasteiger charge is -2.02. The summed E-state index contributed by atoms with van der Waals surface area (Å²) in [6, 6.07) is 10.7. The van der Waals surface area contributed by atoms with Gasteiger partial charge in [0, 0.05) is 0 Å². The molecule has 1 aromatic rings. The quantitative estimate of drug-likeness (QED) is 0.291. The third-order valence-electron chi connectivity index (χ3n) is 3.54. The summed E-state index contributed by atoms with van der Waals surface area (Å²) in [5.41, 5.74) is 1.46. The van der Waals surface area contributed by atoms with Crippen molar-refractivity contribution in [3.8, 4) is 0 Å². The molecule has 0 aliphatic heterocycles. The molecular formula is C18H26NO. The molecule has 0 saturated carbocycles. The van der Waals surface area contributed by atoms with Crippen LogP contribution < -0.4 is 0 Å². The number of rotatable bonds is 12. The largest absolute Gasteiger partial charge is 0.235 e. The van der Waals surface area contributed by atoms with Gasteiger partial charge in [-0.15, -0.1) is 0 Å². The van der Waals surface area contributed by atoms with E-state index in [0.717, 1.165) is 12.8 Å². The second-order valence-electron chi connectivity index (χ2n) is 5.26. The van der Waals surface area contributed by atoms with Crippen molar-refractivity contribution in [2.45, 2.75) is 64.2 Å². The number of hydrogen-bond donors (Lipinski definition) is 0. The first-order valence-corrected chi connectivity index (χ1v) is 7.86. The molecule has 0 amide bonds. The molecule has 0 aromatic heterocycles. The molecule has 0 aliphatic rings. The van der Waals surface area contributed by atoms with Crippen molar-refractivity contribution in [2.24, 2.45) is 4.99 Å². The molecule has 0 atom stereocenters. The summed E-state index contributed by atoms with van der Waals surface area (Å²) in [6.07, 6.45) is 14.0. The first-order valence-electron chi connectivity index (χ1n) is 7.86. The Kier molecular flexibility index (Phi) is 10.5. The highest BCUT2D eigenvalue weighted by molar-refractivity contribution is 5.33. The fourth-order valence-electron chi connectivity index (χ4n) is 2.37. The van der Waals surface area contributed by atoms with E-state index in [1.54, 1.807) is 6.54 Å². The van der Waals surface area contributed by atoms with Crippen LogP contribution in [0, 0.1) is 6.54 Å². The number of unbranched alkanes of at least 4 members (excludes halogenated alkanes) is 8. The first-order chi connectivity index (χ1) is 9.93. The molecule has 0 spiro atoms. The van der Waals surface area contributed by atoms with Gasteiger partial charge in [-0.2, -0.15) is 0 Å². The van der Waals surface area contributed by atoms with E-state index in [9.17, 15) is 4.79 Å². The molecule has 0 bridgehead atoms. The van der Waals surface area contributed by atoms with Crippen LogP contribution in [0.15, 0.2) is 35.3 Å². The molecule has 2 heteroatoms. The second kappa shape index (κ2) is 12.6. The van der Waals surface area contributed by atoms with Crippen molar-refractivity contribution < 1.29 is 4.79 Å². The maximum atomic E-state index is 9.83. The summed E-state index contributed by atoms with van der Waals surface area (Å²) in [5.74, 6) is 0. The van der Waals surface area contributed by atoms with Gasteiger partial charge in [-0.05, 0) is 24.8 Å². The topological polar surface area (TPSA) is 29.4 Å². The molecule has 20 heavy (non-hydrogen) atoms. The van der Waals surface area contributed by atoms with E-state index in [-0.39, 0.29) is 0 Å². The zero-order valence-electron chi connectivity index (χ0n) is 12.4. The molecule has 1 aromatic carbocycles. The molecule has 0 unspecified atom stereocenters. The lowest BCUT2D eigenvalue weighted by molar-refractivity contribution is 0.560. The Morgan fingerprint density at radius 3 is 2.10 bits per heavy atom. The Labute approximate surface area is 123 Å². The van der Waals surface area contributed by atoms with Crippen LogP contribution in [0.3, 0.4) is 0 Å². The van der Waals surface area contributed by atoms with Crippen molar-refractivity contribution >= 4 is 6.08 Å². The van der Waals surface area contributed by atoms with Gasteiger partial charge in [0.15, 0.2) is 0 Å². The van der Waals surface area contributed by atoms with Gasteiger partial charge in [0.2, 0.25) is 6.08 Å². The monoisotopic (exact) mass is 272 g/mol. The lowest BCUT2D eigenvalue weighted by Crippen LogP contribution is -1.86. The summed E-state index contributed by atoms with van der Waals surface area (Å²) in [4.78, 5) is 13.3. The number of nitrogens with zero attached hydrogens (tertiary/aromatic N) is 1. The van der Waals surface area contributed by atoms with E-state index in [1.807, 2.05) is 0 Å². The highest BCUT2D eigenvalue weighted by Crippen LogP contribution is 2.12. The average Bonchev–Trinajstić information content (AvgIpc) is 2.49. The van der Waals surface area contributed by atoms with Crippen molar-refractivity contribution in [3.05, 3.63) is 42.4 Å². The fraction of sp³-hybridized carbons (Fsp3) is 0.556. The summed E-state index contributed by atoms with van der Waals surface area (Å²) < 4.78 is 0. The minimum atomic E-state index is 0.909. The van der Waals surface area contributed by atoms with Crippen LogP contribution in [0.4, 0.5) is 0 Å². The number of aryl methyl sites for hydroxylation is 1. The van der Waals surface area contributed by atoms with Crippen LogP contribution in [-0.2, 0) is 11.2 Å². The van der Waals surface area contributed by atoms with E-state index in [4.69, 9.17) is 0 Å². The van der Waals surface area contributed by atoms with Crippen molar-refractivity contribution in [1.29, 1.82) is 0 Å². The van der Waals surface area contributed by atoms with Gasteiger partial charge < -0.3 is 0 Å². The van der Waals surface area contributed by atoms with Crippen molar-refractivity contribution in [1.82, 2.24) is 0 Å². The maximum Gasteiger partial charge on any atom is 0.235 e. The minimum absolute atomic E-state index is 0.909. The van der Waals surface area contributed by atoms with Gasteiger partial charge in [0.1, 0.15) is 0 Å². The summed E-state index contributed by atoms with van der Waals surface area (Å²) in [7, 11) is 0. The van der Waals surface area contributed by atoms with Crippen molar-refractivity contribution in [2.75, 3.05) is 0 Å². The SMILES string of the molecule is O=C=N[CH]CCCCCCCCCCc1ccccc1. The van der Waals surface area contributed by atoms with Crippen LogP contribution in [0.25, 0.3) is 0 Å². The predicted molar refractivity (Wildman–Crippen MR) is 84.1 cm³/mol. The molecule has 0 fully saturated rings. The maximum absolute atomic E-state index is 9.83. The molecule has 2 nitrogen and oxygen atoms in total. The number of hydrogen-bond acceptors (Lipinski definition) is 2. The Hall–Kier alpha value is -1.40. The smallest absolute Gasteiger partial charge is 0.211 e. The number of aliphatic imine (C=N–C) groups is 1. The van der Waals surface area contributed by atoms with Gasteiger partial charge in [-0.3, -0.25) is 0 Å². The highest BCUT2D eigenvalue weighted by atomic mass is 16.1. The van der Waals surface area contributed by atoms with Gasteiger partial charge in [0.25, 0.3) is 0 Å². The normalized spacial score (nSPS) is 10.2. The summed E-state index contributed by atoms with van der Waals surface area (Å²) in [6.45, 7) is 1.66. The van der Waals surface area contributed by atoms with Crippen LogP contribution in [0.5, 0.6) is 0 Å². The Morgan fingerprint density at radius 2 is 1.45 bits per heavy atom. The summed E-state index contributed by atoms with van der Waals surface area (Å²) in [5, 5.41) is 0.